The molecule has 1 amide bonds. The number of amides is 1. The molecule has 0 spiro atoms. The Labute approximate surface area is 278 Å². The molecule has 1 unspecified atom stereocenters. The topological polar surface area (TPSA) is 84.9 Å². The van der Waals surface area contributed by atoms with Crippen LogP contribution in [0.15, 0.2) is 132 Å². The van der Waals surface area contributed by atoms with Crippen molar-refractivity contribution >= 4 is 27.8 Å². The first-order valence-electron chi connectivity index (χ1n) is 15.4. The summed E-state index contributed by atoms with van der Waals surface area (Å²) in [5, 5.41) is 12.7. The van der Waals surface area contributed by atoms with E-state index >= 15 is 0 Å². The van der Waals surface area contributed by atoms with Gasteiger partial charge in [-0.1, -0.05) is 107 Å². The molecule has 0 aromatic heterocycles. The number of rotatable bonds is 15. The second-order valence-electron chi connectivity index (χ2n) is 11.0. The molecule has 5 aromatic rings. The van der Waals surface area contributed by atoms with E-state index in [0.29, 0.717) is 16.8 Å². The van der Waals surface area contributed by atoms with Gasteiger partial charge in [-0.15, -0.1) is 0 Å². The van der Waals surface area contributed by atoms with Gasteiger partial charge in [0.2, 0.25) is 0 Å². The number of unbranched alkanes of at least 4 members (excludes halogenated alkanes) is 2. The van der Waals surface area contributed by atoms with E-state index in [1.165, 1.54) is 5.56 Å². The Kier molecular flexibility index (Phi) is 11.6. The largest absolute Gasteiger partial charge is 0.493 e. The number of hydrogen-bond acceptors (Lipinski definition) is 4. The third kappa shape index (κ3) is 9.31. The fraction of sp³-hybridized carbons (Fsp3) is 0.179. The van der Waals surface area contributed by atoms with Crippen LogP contribution in [0.4, 0.5) is 0 Å². The number of carbonyl (C=O) groups is 2. The monoisotopic (exact) mass is 677 g/mol. The highest BCUT2D eigenvalue weighted by Crippen LogP contribution is 2.33. The zero-order valence-electron chi connectivity index (χ0n) is 25.4. The maximum absolute atomic E-state index is 13.4. The van der Waals surface area contributed by atoms with Crippen LogP contribution < -0.4 is 14.8 Å². The molecule has 1 atom stereocenters. The van der Waals surface area contributed by atoms with E-state index in [0.717, 1.165) is 53.9 Å². The number of carbonyl (C=O) groups excluding carboxylic acids is 1. The molecule has 0 bridgehead atoms. The smallest absolute Gasteiger partial charge is 0.326 e. The van der Waals surface area contributed by atoms with E-state index in [9.17, 15) is 14.7 Å². The molecule has 6 nitrogen and oxygen atoms in total. The number of ether oxygens (including phenoxy) is 2. The van der Waals surface area contributed by atoms with E-state index in [4.69, 9.17) is 9.47 Å². The Hall–Kier alpha value is -4.88. The molecule has 234 valence electrons. The van der Waals surface area contributed by atoms with Gasteiger partial charge in [-0.3, -0.25) is 4.79 Å². The van der Waals surface area contributed by atoms with Crippen molar-refractivity contribution in [2.24, 2.45) is 0 Å². The molecule has 46 heavy (non-hydrogen) atoms. The van der Waals surface area contributed by atoms with E-state index in [1.807, 2.05) is 97.1 Å². The molecular weight excluding hydrogens is 642 g/mol. The summed E-state index contributed by atoms with van der Waals surface area (Å²) in [4.78, 5) is 25.6. The summed E-state index contributed by atoms with van der Waals surface area (Å²) in [7, 11) is 0. The first kappa shape index (κ1) is 32.5. The van der Waals surface area contributed by atoms with Crippen molar-refractivity contribution in [1.82, 2.24) is 5.32 Å². The van der Waals surface area contributed by atoms with Gasteiger partial charge >= 0.3 is 5.97 Å². The Balaban J connectivity index is 1.19. The van der Waals surface area contributed by atoms with Crippen molar-refractivity contribution < 1.29 is 24.2 Å². The number of aliphatic carboxylic acids is 1. The number of halogens is 1. The van der Waals surface area contributed by atoms with Crippen molar-refractivity contribution in [1.29, 1.82) is 0 Å². The number of aryl methyl sites for hydroxylation is 1. The molecule has 0 aliphatic heterocycles. The Morgan fingerprint density at radius 3 is 2.15 bits per heavy atom. The molecule has 7 heteroatoms. The van der Waals surface area contributed by atoms with Crippen LogP contribution in [0.25, 0.3) is 11.1 Å². The van der Waals surface area contributed by atoms with Gasteiger partial charge in [-0.25, -0.2) is 4.79 Å². The minimum absolute atomic E-state index is 0.120. The molecule has 0 fully saturated rings. The summed E-state index contributed by atoms with van der Waals surface area (Å²) in [6.45, 7) is 0.463. The predicted molar refractivity (Wildman–Crippen MR) is 185 cm³/mol. The Bertz CT molecular complexity index is 1730. The second-order valence-corrected chi connectivity index (χ2v) is 11.9. The lowest BCUT2D eigenvalue weighted by Crippen LogP contribution is -2.42. The van der Waals surface area contributed by atoms with Crippen LogP contribution in [0, 0.1) is 0 Å². The van der Waals surface area contributed by atoms with Crippen LogP contribution in [0.2, 0.25) is 0 Å². The lowest BCUT2D eigenvalue weighted by atomic mass is 9.99. The minimum atomic E-state index is -1.13. The van der Waals surface area contributed by atoms with Gasteiger partial charge in [0.15, 0.2) is 0 Å². The number of para-hydroxylation sites is 2. The molecule has 0 aliphatic carbocycles. The normalized spacial score (nSPS) is 11.4. The van der Waals surface area contributed by atoms with E-state index < -0.39 is 17.9 Å². The number of carboxylic acid groups (broad SMARTS) is 1. The number of nitrogens with one attached hydrogen (secondary N) is 1. The van der Waals surface area contributed by atoms with Gasteiger partial charge in [-0.05, 0) is 78.8 Å². The molecule has 2 N–H and O–H groups in total. The zero-order valence-corrected chi connectivity index (χ0v) is 27.0. The van der Waals surface area contributed by atoms with Crippen LogP contribution in [-0.2, 0) is 17.6 Å². The molecule has 0 heterocycles. The van der Waals surface area contributed by atoms with Gasteiger partial charge in [0.1, 0.15) is 23.3 Å². The molecule has 0 saturated heterocycles. The number of hydrogen-bond donors (Lipinski definition) is 2. The van der Waals surface area contributed by atoms with Crippen molar-refractivity contribution in [3.63, 3.8) is 0 Å². The zero-order chi connectivity index (χ0) is 32.1. The summed E-state index contributed by atoms with van der Waals surface area (Å²) in [6.07, 6.45) is 4.03. The maximum atomic E-state index is 13.4. The molecule has 0 saturated carbocycles. The van der Waals surface area contributed by atoms with E-state index in [-0.39, 0.29) is 12.0 Å². The average Bonchev–Trinajstić information content (AvgIpc) is 3.08. The lowest BCUT2D eigenvalue weighted by Gasteiger charge is -2.17. The maximum Gasteiger partial charge on any atom is 0.326 e. The Morgan fingerprint density at radius 2 is 1.41 bits per heavy atom. The van der Waals surface area contributed by atoms with Gasteiger partial charge in [0, 0.05) is 16.5 Å². The molecule has 5 aromatic carbocycles. The fourth-order valence-corrected chi connectivity index (χ4v) is 5.50. The van der Waals surface area contributed by atoms with Gasteiger partial charge < -0.3 is 19.9 Å². The fourth-order valence-electron chi connectivity index (χ4n) is 5.14. The van der Waals surface area contributed by atoms with Crippen LogP contribution >= 0.6 is 15.9 Å². The first-order valence-corrected chi connectivity index (χ1v) is 16.2. The molecular formula is C39H36BrNO5. The second kappa shape index (κ2) is 16.4. The highest BCUT2D eigenvalue weighted by molar-refractivity contribution is 9.10. The molecule has 0 aliphatic rings. The number of benzene rings is 5. The highest BCUT2D eigenvalue weighted by atomic mass is 79.9. The van der Waals surface area contributed by atoms with Crippen molar-refractivity contribution in [3.8, 4) is 28.4 Å². The minimum Gasteiger partial charge on any atom is -0.493 e. The summed E-state index contributed by atoms with van der Waals surface area (Å²) in [5.41, 5.74) is 4.23. The SMILES string of the molecule is O=C(NC(Cc1ccc(-c2ccccc2Oc2ccccc2)cc1)C(=O)O)c1cc(Br)ccc1OCCCCCc1ccccc1. The van der Waals surface area contributed by atoms with Gasteiger partial charge in [-0.2, -0.15) is 0 Å². The van der Waals surface area contributed by atoms with Crippen molar-refractivity contribution in [2.75, 3.05) is 6.61 Å². The summed E-state index contributed by atoms with van der Waals surface area (Å²) < 4.78 is 12.8. The van der Waals surface area contributed by atoms with Gasteiger partial charge in [0.25, 0.3) is 5.91 Å². The molecule has 5 rings (SSSR count). The Morgan fingerprint density at radius 1 is 0.717 bits per heavy atom. The van der Waals surface area contributed by atoms with Crippen LogP contribution in [0.3, 0.4) is 0 Å². The standard InChI is InChI=1S/C39H36BrNO5/c40-31-23-24-36(45-25-11-3-6-14-28-12-4-1-5-13-28)34(27-31)38(42)41-35(39(43)44)26-29-19-21-30(22-20-29)33-17-9-10-18-37(33)46-32-15-7-2-8-16-32/h1-2,4-5,7-10,12-13,15-24,27,35H,3,6,11,14,25-26H2,(H,41,42)(H,43,44). The third-order valence-corrected chi connectivity index (χ3v) is 8.06. The van der Waals surface area contributed by atoms with Crippen LogP contribution in [-0.4, -0.2) is 29.6 Å². The third-order valence-electron chi connectivity index (χ3n) is 7.56. The average molecular weight is 679 g/mol. The first-order chi connectivity index (χ1) is 22.5. The predicted octanol–water partition coefficient (Wildman–Crippen LogP) is 9.13. The van der Waals surface area contributed by atoms with Crippen LogP contribution in [0.1, 0.15) is 40.7 Å². The van der Waals surface area contributed by atoms with Crippen molar-refractivity contribution in [2.45, 2.75) is 38.1 Å². The van der Waals surface area contributed by atoms with E-state index in [2.05, 4.69) is 33.4 Å². The summed E-state index contributed by atoms with van der Waals surface area (Å²) >= 11 is 3.43. The number of carboxylic acids is 1. The highest BCUT2D eigenvalue weighted by Gasteiger charge is 2.23. The quantitative estimate of drug-likeness (QED) is 0.108. The van der Waals surface area contributed by atoms with Gasteiger partial charge in [0.05, 0.1) is 12.2 Å². The van der Waals surface area contributed by atoms with Crippen molar-refractivity contribution in [3.05, 3.63) is 149 Å². The lowest BCUT2D eigenvalue weighted by molar-refractivity contribution is -0.139. The van der Waals surface area contributed by atoms with Crippen LogP contribution in [0.5, 0.6) is 17.2 Å². The van der Waals surface area contributed by atoms with E-state index in [1.54, 1.807) is 18.2 Å². The summed E-state index contributed by atoms with van der Waals surface area (Å²) in [5.74, 6) is 0.265. The molecule has 0 radical (unpaired) electrons. The summed E-state index contributed by atoms with van der Waals surface area (Å²) in [6, 6.07) is 39.4.